The third kappa shape index (κ3) is 3.83. The maximum Gasteiger partial charge on any atom is 0.123 e. The summed E-state index contributed by atoms with van der Waals surface area (Å²) in [7, 11) is 1.93. The van der Waals surface area contributed by atoms with Gasteiger partial charge in [0, 0.05) is 19.0 Å². The molecular weight excluding hydrogens is 289 g/mol. The Kier molecular flexibility index (Phi) is 5.37. The van der Waals surface area contributed by atoms with E-state index in [1.165, 1.54) is 12.1 Å². The molecule has 2 rings (SSSR count). The zero-order valence-electron chi connectivity index (χ0n) is 12.7. The number of nitrogens with one attached hydrogen (secondary N) is 1. The number of likely N-dealkylation sites (N-methyl/N-ethyl adjacent to an activating group) is 1. The summed E-state index contributed by atoms with van der Waals surface area (Å²) in [5.74, 6) is -0.206. The third-order valence-corrected chi connectivity index (χ3v) is 4.19. The van der Waals surface area contributed by atoms with Crippen molar-refractivity contribution in [1.82, 2.24) is 15.1 Å². The Morgan fingerprint density at radius 2 is 1.95 bits per heavy atom. The van der Waals surface area contributed by atoms with Crippen molar-refractivity contribution in [2.45, 2.75) is 39.3 Å². The van der Waals surface area contributed by atoms with E-state index in [0.29, 0.717) is 0 Å². The third-order valence-electron chi connectivity index (χ3n) is 3.70. The van der Waals surface area contributed by atoms with Gasteiger partial charge in [-0.15, -0.1) is 0 Å². The number of hydrogen-bond donors (Lipinski definition) is 1. The van der Waals surface area contributed by atoms with Gasteiger partial charge in [-0.05, 0) is 45.0 Å². The molecule has 0 aliphatic heterocycles. The van der Waals surface area contributed by atoms with Crippen LogP contribution in [0.2, 0.25) is 5.02 Å². The number of hydrogen-bond acceptors (Lipinski definition) is 2. The van der Waals surface area contributed by atoms with Crippen LogP contribution in [-0.2, 0) is 19.4 Å². The molecule has 0 amide bonds. The van der Waals surface area contributed by atoms with Crippen LogP contribution in [0.25, 0.3) is 0 Å². The zero-order chi connectivity index (χ0) is 15.4. The summed E-state index contributed by atoms with van der Waals surface area (Å²) in [5.41, 5.74) is 3.02. The van der Waals surface area contributed by atoms with Gasteiger partial charge in [0.25, 0.3) is 0 Å². The lowest BCUT2D eigenvalue weighted by molar-refractivity contribution is 0.519. The first-order valence-corrected chi connectivity index (χ1v) is 7.56. The van der Waals surface area contributed by atoms with Gasteiger partial charge < -0.3 is 5.32 Å². The summed E-state index contributed by atoms with van der Waals surface area (Å²) in [4.78, 5) is 0. The highest BCUT2D eigenvalue weighted by Gasteiger charge is 2.17. The monoisotopic (exact) mass is 309 g/mol. The molecule has 114 valence electrons. The Hall–Kier alpha value is -1.39. The van der Waals surface area contributed by atoms with Crippen molar-refractivity contribution in [3.63, 3.8) is 0 Å². The number of rotatable bonds is 6. The van der Waals surface area contributed by atoms with Gasteiger partial charge in [-0.25, -0.2) is 4.39 Å². The van der Waals surface area contributed by atoms with Gasteiger partial charge >= 0.3 is 0 Å². The number of aromatic nitrogens is 2. The molecule has 2 aromatic rings. The normalized spacial score (nSPS) is 12.6. The largest absolute Gasteiger partial charge is 0.316 e. The fourth-order valence-corrected chi connectivity index (χ4v) is 2.69. The van der Waals surface area contributed by atoms with Crippen molar-refractivity contribution >= 4 is 11.6 Å². The zero-order valence-corrected chi connectivity index (χ0v) is 13.4. The second-order valence-corrected chi connectivity index (χ2v) is 5.56. The van der Waals surface area contributed by atoms with Crippen LogP contribution >= 0.6 is 11.6 Å². The van der Waals surface area contributed by atoms with Crippen molar-refractivity contribution in [2.75, 3.05) is 7.05 Å². The smallest absolute Gasteiger partial charge is 0.123 e. The lowest BCUT2D eigenvalue weighted by atomic mass is 10.0. The molecule has 21 heavy (non-hydrogen) atoms. The van der Waals surface area contributed by atoms with Crippen molar-refractivity contribution in [3.05, 3.63) is 52.1 Å². The maximum absolute atomic E-state index is 13.0. The Morgan fingerprint density at radius 1 is 1.29 bits per heavy atom. The minimum Gasteiger partial charge on any atom is -0.316 e. The summed E-state index contributed by atoms with van der Waals surface area (Å²) in [6.45, 7) is 4.78. The van der Waals surface area contributed by atoms with Crippen LogP contribution in [0.1, 0.15) is 23.9 Å². The highest BCUT2D eigenvalue weighted by atomic mass is 35.5. The van der Waals surface area contributed by atoms with Gasteiger partial charge in [-0.1, -0.05) is 23.7 Å². The number of nitrogens with zero attached hydrogens (tertiary/aromatic N) is 2. The van der Waals surface area contributed by atoms with E-state index < -0.39 is 0 Å². The van der Waals surface area contributed by atoms with E-state index in [1.807, 2.05) is 30.8 Å². The predicted octanol–water partition coefficient (Wildman–Crippen LogP) is 3.38. The first-order valence-electron chi connectivity index (χ1n) is 7.18. The van der Waals surface area contributed by atoms with E-state index in [-0.39, 0.29) is 11.9 Å². The first-order chi connectivity index (χ1) is 10.0. The Bertz CT molecular complexity index is 592. The summed E-state index contributed by atoms with van der Waals surface area (Å²) < 4.78 is 14.9. The molecule has 1 heterocycles. The van der Waals surface area contributed by atoms with Gasteiger partial charge in [-0.2, -0.15) is 5.10 Å². The standard InChI is InChI=1S/C16H21ClFN3/c1-4-21-15(16(17)11(2)20-21)10-14(19-3)9-12-5-7-13(18)8-6-12/h5-8,14,19H,4,9-10H2,1-3H3. The second-order valence-electron chi connectivity index (χ2n) is 5.18. The van der Waals surface area contributed by atoms with E-state index in [4.69, 9.17) is 11.6 Å². The van der Waals surface area contributed by atoms with Crippen molar-refractivity contribution in [3.8, 4) is 0 Å². The Morgan fingerprint density at radius 3 is 2.52 bits per heavy atom. The van der Waals surface area contributed by atoms with Crippen LogP contribution < -0.4 is 5.32 Å². The molecular formula is C16H21ClFN3. The molecule has 1 aromatic carbocycles. The molecule has 0 aliphatic carbocycles. The van der Waals surface area contributed by atoms with E-state index in [2.05, 4.69) is 17.3 Å². The fraction of sp³-hybridized carbons (Fsp3) is 0.438. The summed E-state index contributed by atoms with van der Waals surface area (Å²) >= 11 is 6.36. The van der Waals surface area contributed by atoms with Crippen molar-refractivity contribution < 1.29 is 4.39 Å². The fourth-order valence-electron chi connectivity index (χ4n) is 2.48. The van der Waals surface area contributed by atoms with Crippen LogP contribution in [0.4, 0.5) is 4.39 Å². The molecule has 0 aliphatic rings. The van der Waals surface area contributed by atoms with Crippen LogP contribution in [-0.4, -0.2) is 22.9 Å². The van der Waals surface area contributed by atoms with Gasteiger partial charge in [0.1, 0.15) is 5.82 Å². The van der Waals surface area contributed by atoms with Crippen molar-refractivity contribution in [2.24, 2.45) is 0 Å². The predicted molar refractivity (Wildman–Crippen MR) is 84.3 cm³/mol. The molecule has 0 saturated carbocycles. The molecule has 1 aromatic heterocycles. The maximum atomic E-state index is 13.0. The van der Waals surface area contributed by atoms with Gasteiger partial charge in [-0.3, -0.25) is 4.68 Å². The molecule has 3 nitrogen and oxygen atoms in total. The Labute approximate surface area is 130 Å². The van der Waals surface area contributed by atoms with Crippen LogP contribution in [0, 0.1) is 12.7 Å². The van der Waals surface area contributed by atoms with E-state index >= 15 is 0 Å². The minimum atomic E-state index is -0.206. The summed E-state index contributed by atoms with van der Waals surface area (Å²) in [6, 6.07) is 6.87. The minimum absolute atomic E-state index is 0.206. The van der Waals surface area contributed by atoms with E-state index in [9.17, 15) is 4.39 Å². The highest BCUT2D eigenvalue weighted by molar-refractivity contribution is 6.31. The van der Waals surface area contributed by atoms with Crippen LogP contribution in [0.5, 0.6) is 0 Å². The molecule has 1 atom stereocenters. The van der Waals surface area contributed by atoms with Crippen LogP contribution in [0.3, 0.4) is 0 Å². The molecule has 1 N–H and O–H groups in total. The summed E-state index contributed by atoms with van der Waals surface area (Å²) in [5, 5.41) is 8.50. The first kappa shape index (κ1) is 16.0. The van der Waals surface area contributed by atoms with Gasteiger partial charge in [0.05, 0.1) is 16.4 Å². The molecule has 0 spiro atoms. The average molecular weight is 310 g/mol. The highest BCUT2D eigenvalue weighted by Crippen LogP contribution is 2.22. The van der Waals surface area contributed by atoms with Gasteiger partial charge in [0.15, 0.2) is 0 Å². The number of benzene rings is 1. The van der Waals surface area contributed by atoms with Crippen molar-refractivity contribution in [1.29, 1.82) is 0 Å². The average Bonchev–Trinajstić information content (AvgIpc) is 2.76. The molecule has 0 fully saturated rings. The topological polar surface area (TPSA) is 29.9 Å². The van der Waals surface area contributed by atoms with E-state index in [1.54, 1.807) is 0 Å². The van der Waals surface area contributed by atoms with Gasteiger partial charge in [0.2, 0.25) is 0 Å². The molecule has 1 unspecified atom stereocenters. The Balaban J connectivity index is 2.14. The number of halogens is 2. The lowest BCUT2D eigenvalue weighted by Crippen LogP contribution is -2.31. The SMILES string of the molecule is CCn1nc(C)c(Cl)c1CC(Cc1ccc(F)cc1)NC. The quantitative estimate of drug-likeness (QED) is 0.886. The van der Waals surface area contributed by atoms with Crippen LogP contribution in [0.15, 0.2) is 24.3 Å². The molecule has 5 heteroatoms. The molecule has 0 saturated heterocycles. The lowest BCUT2D eigenvalue weighted by Gasteiger charge is -2.17. The summed E-state index contributed by atoms with van der Waals surface area (Å²) in [6.07, 6.45) is 1.61. The molecule has 0 bridgehead atoms. The second kappa shape index (κ2) is 7.05. The molecule has 0 radical (unpaired) electrons. The number of aryl methyl sites for hydroxylation is 2. The van der Waals surface area contributed by atoms with E-state index in [0.717, 1.165) is 41.4 Å².